The van der Waals surface area contributed by atoms with E-state index in [0.29, 0.717) is 16.6 Å². The first kappa shape index (κ1) is 13.8. The van der Waals surface area contributed by atoms with E-state index in [1.165, 1.54) is 6.20 Å². The summed E-state index contributed by atoms with van der Waals surface area (Å²) in [7, 11) is 0. The Morgan fingerprint density at radius 2 is 2.25 bits per heavy atom. The molecule has 100 valence electrons. The quantitative estimate of drug-likeness (QED) is 0.530. The Hall–Kier alpha value is -2.58. The minimum absolute atomic E-state index is 0.0706. The maximum absolute atomic E-state index is 12.2. The van der Waals surface area contributed by atoms with E-state index in [9.17, 15) is 4.79 Å². The molecule has 0 spiro atoms. The van der Waals surface area contributed by atoms with Gasteiger partial charge in [0.1, 0.15) is 17.4 Å². The zero-order valence-electron chi connectivity index (χ0n) is 10.6. The van der Waals surface area contributed by atoms with E-state index in [0.717, 1.165) is 0 Å². The molecule has 5 nitrogen and oxygen atoms in total. The number of nitriles is 1. The average molecular weight is 288 g/mol. The highest BCUT2D eigenvalue weighted by atomic mass is 35.5. The summed E-state index contributed by atoms with van der Waals surface area (Å²) < 4.78 is 4.86. The molecule has 2 rings (SSSR count). The number of benzene rings is 1. The molecule has 6 heteroatoms. The lowest BCUT2D eigenvalue weighted by Crippen LogP contribution is -2.05. The number of carbonyl (C=O) groups excluding carboxylic acids is 1. The molecule has 0 fully saturated rings. The van der Waals surface area contributed by atoms with Gasteiger partial charge < -0.3 is 9.84 Å². The number of halogens is 1. The van der Waals surface area contributed by atoms with Crippen molar-refractivity contribution in [1.82, 2.24) is 5.16 Å². The SMILES string of the molecule is Cc1cc(NC=C(C#N)C(=O)c2ccccc2Cl)no1. The van der Waals surface area contributed by atoms with E-state index in [4.69, 9.17) is 21.4 Å². The summed E-state index contributed by atoms with van der Waals surface area (Å²) in [5.74, 6) is 0.588. The first-order chi connectivity index (χ1) is 9.61. The molecule has 0 amide bonds. The van der Waals surface area contributed by atoms with Gasteiger partial charge in [0.15, 0.2) is 5.82 Å². The largest absolute Gasteiger partial charge is 0.360 e. The van der Waals surface area contributed by atoms with Crippen LogP contribution in [0.4, 0.5) is 5.82 Å². The van der Waals surface area contributed by atoms with E-state index in [-0.39, 0.29) is 11.1 Å². The number of ketones is 1. The summed E-state index contributed by atoms with van der Waals surface area (Å²) in [6.07, 6.45) is 1.28. The number of Topliss-reactive ketones (excluding diaryl/α,β-unsaturated/α-hetero) is 1. The summed E-state index contributed by atoms with van der Waals surface area (Å²) in [6, 6.07) is 10.0. The van der Waals surface area contributed by atoms with Gasteiger partial charge in [0.25, 0.3) is 0 Å². The second-order valence-corrected chi connectivity index (χ2v) is 4.35. The van der Waals surface area contributed by atoms with Crippen LogP contribution in [0, 0.1) is 18.3 Å². The Bertz CT molecular complexity index is 713. The summed E-state index contributed by atoms with van der Waals surface area (Å²) >= 11 is 5.94. The minimum atomic E-state index is -0.453. The van der Waals surface area contributed by atoms with Crippen LogP contribution in [0.2, 0.25) is 5.02 Å². The maximum atomic E-state index is 12.2. The highest BCUT2D eigenvalue weighted by Gasteiger charge is 2.15. The van der Waals surface area contributed by atoms with E-state index < -0.39 is 5.78 Å². The van der Waals surface area contributed by atoms with Crippen molar-refractivity contribution in [2.75, 3.05) is 5.32 Å². The normalized spacial score (nSPS) is 10.9. The molecule has 0 aliphatic rings. The molecule has 0 saturated carbocycles. The monoisotopic (exact) mass is 287 g/mol. The second kappa shape index (κ2) is 6.04. The van der Waals surface area contributed by atoms with Gasteiger partial charge in [-0.05, 0) is 19.1 Å². The zero-order valence-corrected chi connectivity index (χ0v) is 11.3. The van der Waals surface area contributed by atoms with Crippen molar-refractivity contribution in [3.05, 3.63) is 58.5 Å². The molecule has 0 aliphatic carbocycles. The standard InChI is InChI=1S/C14H10ClN3O2/c1-9-6-13(18-20-9)17-8-10(7-16)14(19)11-4-2-3-5-12(11)15/h2-6,8H,1H3,(H,17,18). The fourth-order valence-electron chi connectivity index (χ4n) is 1.52. The summed E-state index contributed by atoms with van der Waals surface area (Å²) in [5, 5.41) is 15.8. The summed E-state index contributed by atoms with van der Waals surface area (Å²) in [6.45, 7) is 1.74. The van der Waals surface area contributed by atoms with Crippen LogP contribution >= 0.6 is 11.6 Å². The number of aromatic nitrogens is 1. The maximum Gasteiger partial charge on any atom is 0.206 e. The smallest absolute Gasteiger partial charge is 0.206 e. The Balaban J connectivity index is 2.22. The molecular formula is C14H10ClN3O2. The van der Waals surface area contributed by atoms with Crippen molar-refractivity contribution in [2.24, 2.45) is 0 Å². The van der Waals surface area contributed by atoms with E-state index >= 15 is 0 Å². The molecule has 20 heavy (non-hydrogen) atoms. The van der Waals surface area contributed by atoms with Crippen LogP contribution < -0.4 is 5.32 Å². The lowest BCUT2D eigenvalue weighted by Gasteiger charge is -2.02. The molecule has 0 radical (unpaired) electrons. The van der Waals surface area contributed by atoms with Gasteiger partial charge in [0.2, 0.25) is 5.78 Å². The van der Waals surface area contributed by atoms with E-state index in [1.807, 2.05) is 6.07 Å². The highest BCUT2D eigenvalue weighted by molar-refractivity contribution is 6.35. The first-order valence-corrected chi connectivity index (χ1v) is 6.09. The zero-order chi connectivity index (χ0) is 14.5. The van der Waals surface area contributed by atoms with Crippen molar-refractivity contribution >= 4 is 23.2 Å². The van der Waals surface area contributed by atoms with Gasteiger partial charge in [-0.1, -0.05) is 28.9 Å². The molecule has 0 aliphatic heterocycles. The van der Waals surface area contributed by atoms with E-state index in [2.05, 4.69) is 10.5 Å². The molecule has 0 atom stereocenters. The van der Waals surface area contributed by atoms with Gasteiger partial charge in [-0.2, -0.15) is 5.26 Å². The molecule has 0 saturated heterocycles. The number of anilines is 1. The van der Waals surface area contributed by atoms with Crippen LogP contribution in [0.5, 0.6) is 0 Å². The van der Waals surface area contributed by atoms with Crippen LogP contribution in [0.15, 0.2) is 46.6 Å². The number of hydrogen-bond donors (Lipinski definition) is 1. The van der Waals surface area contributed by atoms with Gasteiger partial charge in [-0.25, -0.2) is 0 Å². The van der Waals surface area contributed by atoms with Gasteiger partial charge >= 0.3 is 0 Å². The van der Waals surface area contributed by atoms with Gasteiger partial charge in [-0.15, -0.1) is 0 Å². The third-order valence-corrected chi connectivity index (χ3v) is 2.81. The van der Waals surface area contributed by atoms with Gasteiger partial charge in [-0.3, -0.25) is 4.79 Å². The van der Waals surface area contributed by atoms with Gasteiger partial charge in [0.05, 0.1) is 5.02 Å². The van der Waals surface area contributed by atoms with Crippen LogP contribution in [-0.2, 0) is 0 Å². The highest BCUT2D eigenvalue weighted by Crippen LogP contribution is 2.18. The van der Waals surface area contributed by atoms with Crippen molar-refractivity contribution in [2.45, 2.75) is 6.92 Å². The lowest BCUT2D eigenvalue weighted by molar-refractivity contribution is 0.103. The summed E-state index contributed by atoms with van der Waals surface area (Å²) in [4.78, 5) is 12.2. The molecular weight excluding hydrogens is 278 g/mol. The topological polar surface area (TPSA) is 78.9 Å². The van der Waals surface area contributed by atoms with Crippen molar-refractivity contribution in [3.63, 3.8) is 0 Å². The molecule has 1 aromatic carbocycles. The van der Waals surface area contributed by atoms with Gasteiger partial charge in [0, 0.05) is 17.8 Å². The van der Waals surface area contributed by atoms with Crippen LogP contribution in [0.3, 0.4) is 0 Å². The molecule has 2 aromatic rings. The predicted octanol–water partition coefficient (Wildman–Crippen LogP) is 3.34. The number of allylic oxidation sites excluding steroid dienone is 1. The lowest BCUT2D eigenvalue weighted by atomic mass is 10.1. The third kappa shape index (κ3) is 3.05. The minimum Gasteiger partial charge on any atom is -0.360 e. The number of nitrogens with zero attached hydrogens (tertiary/aromatic N) is 2. The number of aryl methyl sites for hydroxylation is 1. The number of hydrogen-bond acceptors (Lipinski definition) is 5. The Labute approximate surface area is 120 Å². The Morgan fingerprint density at radius 1 is 1.50 bits per heavy atom. The molecule has 1 aromatic heterocycles. The Kier molecular flexibility index (Phi) is 4.18. The van der Waals surface area contributed by atoms with Crippen molar-refractivity contribution in [3.8, 4) is 6.07 Å². The predicted molar refractivity (Wildman–Crippen MR) is 74.3 cm³/mol. The average Bonchev–Trinajstić information content (AvgIpc) is 2.85. The first-order valence-electron chi connectivity index (χ1n) is 5.71. The van der Waals surface area contributed by atoms with Crippen LogP contribution in [0.1, 0.15) is 16.1 Å². The van der Waals surface area contributed by atoms with Crippen LogP contribution in [0.25, 0.3) is 0 Å². The fraction of sp³-hybridized carbons (Fsp3) is 0.0714. The Morgan fingerprint density at radius 3 is 2.85 bits per heavy atom. The molecule has 0 unspecified atom stereocenters. The van der Waals surface area contributed by atoms with E-state index in [1.54, 1.807) is 37.3 Å². The number of nitrogens with one attached hydrogen (secondary N) is 1. The van der Waals surface area contributed by atoms with Crippen molar-refractivity contribution < 1.29 is 9.32 Å². The number of carbonyl (C=O) groups is 1. The molecule has 0 bridgehead atoms. The third-order valence-electron chi connectivity index (χ3n) is 2.48. The summed E-state index contributed by atoms with van der Waals surface area (Å²) in [5.41, 5.74) is 0.207. The molecule has 1 N–H and O–H groups in total. The number of rotatable bonds is 4. The fourth-order valence-corrected chi connectivity index (χ4v) is 1.74. The van der Waals surface area contributed by atoms with Crippen molar-refractivity contribution in [1.29, 1.82) is 5.26 Å². The second-order valence-electron chi connectivity index (χ2n) is 3.95. The molecule has 1 heterocycles. The van der Waals surface area contributed by atoms with Crippen LogP contribution in [-0.4, -0.2) is 10.9 Å².